The Morgan fingerprint density at radius 2 is 1.43 bits per heavy atom. The van der Waals surface area contributed by atoms with Crippen molar-refractivity contribution in [2.45, 2.75) is 41.2 Å². The number of aromatic nitrogens is 2. The van der Waals surface area contributed by atoms with Crippen molar-refractivity contribution in [1.82, 2.24) is 4.57 Å². The van der Waals surface area contributed by atoms with Crippen LogP contribution < -0.4 is 9.30 Å². The molecule has 4 rings (SSSR count). The molecule has 0 unspecified atom stereocenters. The van der Waals surface area contributed by atoms with Gasteiger partial charge in [0.15, 0.2) is 11.4 Å². The summed E-state index contributed by atoms with van der Waals surface area (Å²) in [5.74, 6) is 1.68. The molecule has 0 bridgehead atoms. The summed E-state index contributed by atoms with van der Waals surface area (Å²) in [5.41, 5.74) is 8.90. The van der Waals surface area contributed by atoms with E-state index in [1.54, 1.807) is 0 Å². The van der Waals surface area contributed by atoms with E-state index >= 15 is 0 Å². The summed E-state index contributed by atoms with van der Waals surface area (Å²) in [6, 6.07) is 22.7. The molecule has 0 spiro atoms. The molecule has 0 aliphatic rings. The smallest absolute Gasteiger partial charge is 0.249 e. The van der Waals surface area contributed by atoms with Crippen LogP contribution >= 0.6 is 0 Å². The number of imidazole rings is 1. The fourth-order valence-electron chi connectivity index (χ4n) is 4.08. The summed E-state index contributed by atoms with van der Waals surface area (Å²) in [7, 11) is 0. The van der Waals surface area contributed by atoms with Gasteiger partial charge < -0.3 is 4.74 Å². The molecule has 0 aliphatic heterocycles. The molecular weight excluding hydrogens is 368 g/mol. The Labute approximate surface area is 179 Å². The number of para-hydroxylation sites is 3. The highest BCUT2D eigenvalue weighted by Crippen LogP contribution is 2.29. The third kappa shape index (κ3) is 3.88. The number of ether oxygens (including phenoxy) is 1. The van der Waals surface area contributed by atoms with Gasteiger partial charge in [0.2, 0.25) is 6.33 Å². The topological polar surface area (TPSA) is 18.0 Å². The Morgan fingerprint density at radius 3 is 2.13 bits per heavy atom. The molecule has 3 aromatic carbocycles. The molecule has 0 atom stereocenters. The van der Waals surface area contributed by atoms with Gasteiger partial charge in [0.1, 0.15) is 23.7 Å². The largest absolute Gasteiger partial charge is 0.453 e. The van der Waals surface area contributed by atoms with Gasteiger partial charge in [0, 0.05) is 13.8 Å². The highest BCUT2D eigenvalue weighted by atomic mass is 16.5. The molecule has 152 valence electrons. The van der Waals surface area contributed by atoms with Crippen molar-refractivity contribution in [2.75, 3.05) is 0 Å². The van der Waals surface area contributed by atoms with Gasteiger partial charge in [-0.15, -0.1) is 0 Å². The molecule has 4 aromatic rings. The molecule has 0 amide bonds. The Hall–Kier alpha value is -3.33. The van der Waals surface area contributed by atoms with Crippen molar-refractivity contribution < 1.29 is 9.30 Å². The first kappa shape index (κ1) is 20.0. The van der Waals surface area contributed by atoms with Gasteiger partial charge in [-0.25, -0.2) is 4.57 Å². The second kappa shape index (κ2) is 8.19. The van der Waals surface area contributed by atoms with Crippen molar-refractivity contribution in [1.29, 1.82) is 0 Å². The minimum absolute atomic E-state index is 0.838. The molecule has 3 nitrogen and oxygen atoms in total. The molecule has 0 N–H and O–H groups in total. The lowest BCUT2D eigenvalue weighted by Gasteiger charge is -2.10. The quantitative estimate of drug-likeness (QED) is 0.370. The third-order valence-corrected chi connectivity index (χ3v) is 5.84. The minimum atomic E-state index is 0.838. The number of rotatable bonds is 5. The van der Waals surface area contributed by atoms with E-state index in [1.807, 2.05) is 42.5 Å². The Kier molecular flexibility index (Phi) is 5.45. The van der Waals surface area contributed by atoms with Gasteiger partial charge in [0.25, 0.3) is 0 Å². The van der Waals surface area contributed by atoms with Crippen LogP contribution in [0.15, 0.2) is 73.1 Å². The third-order valence-electron chi connectivity index (χ3n) is 5.84. The van der Waals surface area contributed by atoms with Gasteiger partial charge in [-0.1, -0.05) is 48.0 Å². The number of nitrogens with zero attached hydrogens (tertiary/aromatic N) is 2. The lowest BCUT2D eigenvalue weighted by molar-refractivity contribution is -0.693. The molecule has 30 heavy (non-hydrogen) atoms. The molecule has 0 saturated heterocycles. The first-order chi connectivity index (χ1) is 14.4. The molecule has 3 heteroatoms. The predicted octanol–water partition coefficient (Wildman–Crippen LogP) is 6.15. The zero-order valence-electron chi connectivity index (χ0n) is 18.4. The highest BCUT2D eigenvalue weighted by Gasteiger charge is 2.22. The first-order valence-corrected chi connectivity index (χ1v) is 10.4. The van der Waals surface area contributed by atoms with Crippen LogP contribution in [0.4, 0.5) is 0 Å². The molecule has 1 heterocycles. The van der Waals surface area contributed by atoms with Crippen molar-refractivity contribution in [3.63, 3.8) is 0 Å². The van der Waals surface area contributed by atoms with E-state index < -0.39 is 0 Å². The molecule has 0 aliphatic carbocycles. The summed E-state index contributed by atoms with van der Waals surface area (Å²) in [4.78, 5) is 0. The van der Waals surface area contributed by atoms with Crippen LogP contribution in [0.2, 0.25) is 0 Å². The molecule has 0 saturated carbocycles. The van der Waals surface area contributed by atoms with E-state index in [4.69, 9.17) is 4.74 Å². The van der Waals surface area contributed by atoms with E-state index in [0.717, 1.165) is 23.7 Å². The minimum Gasteiger partial charge on any atom is -0.453 e. The van der Waals surface area contributed by atoms with Crippen LogP contribution in [0.1, 0.15) is 33.6 Å². The summed E-state index contributed by atoms with van der Waals surface area (Å²) in [6.07, 6.45) is 2.19. The molecule has 1 aromatic heterocycles. The van der Waals surface area contributed by atoms with Crippen molar-refractivity contribution >= 4 is 0 Å². The Morgan fingerprint density at radius 1 is 0.800 bits per heavy atom. The average molecular weight is 398 g/mol. The van der Waals surface area contributed by atoms with E-state index in [2.05, 4.69) is 74.3 Å². The van der Waals surface area contributed by atoms with Gasteiger partial charge in [-0.05, 0) is 61.7 Å². The number of aryl methyl sites for hydroxylation is 3. The van der Waals surface area contributed by atoms with Crippen LogP contribution in [0.3, 0.4) is 0 Å². The van der Waals surface area contributed by atoms with Gasteiger partial charge >= 0.3 is 0 Å². The predicted molar refractivity (Wildman–Crippen MR) is 122 cm³/mol. The first-order valence-electron chi connectivity index (χ1n) is 10.4. The average Bonchev–Trinajstić information content (AvgIpc) is 3.00. The van der Waals surface area contributed by atoms with Gasteiger partial charge in [0.05, 0.1) is 0 Å². The summed E-state index contributed by atoms with van der Waals surface area (Å²) < 4.78 is 10.8. The Bertz CT molecular complexity index is 1170. The maximum atomic E-state index is 6.21. The number of benzene rings is 3. The monoisotopic (exact) mass is 397 g/mol. The highest BCUT2D eigenvalue weighted by molar-refractivity contribution is 5.49. The van der Waals surface area contributed by atoms with E-state index in [-0.39, 0.29) is 0 Å². The maximum absolute atomic E-state index is 6.21. The molecule has 0 fully saturated rings. The Balaban J connectivity index is 1.73. The van der Waals surface area contributed by atoms with Crippen LogP contribution in [0.25, 0.3) is 5.69 Å². The summed E-state index contributed by atoms with van der Waals surface area (Å²) in [6.45, 7) is 11.8. The zero-order chi connectivity index (χ0) is 21.3. The van der Waals surface area contributed by atoms with Gasteiger partial charge in [-0.2, -0.15) is 4.57 Å². The second-order valence-electron chi connectivity index (χ2n) is 8.04. The summed E-state index contributed by atoms with van der Waals surface area (Å²) >= 11 is 0. The van der Waals surface area contributed by atoms with Crippen molar-refractivity contribution in [2.24, 2.45) is 0 Å². The number of hydrogen-bond acceptors (Lipinski definition) is 1. The van der Waals surface area contributed by atoms with Crippen LogP contribution in [0.5, 0.6) is 11.5 Å². The molecule has 0 radical (unpaired) electrons. The van der Waals surface area contributed by atoms with Crippen molar-refractivity contribution in [3.8, 4) is 17.2 Å². The lowest BCUT2D eigenvalue weighted by atomic mass is 10.00. The van der Waals surface area contributed by atoms with Crippen molar-refractivity contribution in [3.05, 3.63) is 107 Å². The fraction of sp³-hybridized carbons (Fsp3) is 0.222. The zero-order valence-corrected chi connectivity index (χ0v) is 18.4. The SMILES string of the molecule is Cc1cc(C)c(C[n+]2cn(-c3ccccc3Oc3ccccc3)c(C)c2C)c(C)c1. The normalized spacial score (nSPS) is 11.0. The fourth-order valence-corrected chi connectivity index (χ4v) is 4.08. The van der Waals surface area contributed by atoms with E-state index in [9.17, 15) is 0 Å². The standard InChI is InChI=1S/C27H29N2O/c1-19-15-20(2)25(21(3)16-19)17-28-18-29(23(5)22(28)4)26-13-9-10-14-27(26)30-24-11-7-6-8-12-24/h6-16,18H,17H2,1-5H3/q+1. The van der Waals surface area contributed by atoms with Crippen LogP contribution in [-0.2, 0) is 6.54 Å². The van der Waals surface area contributed by atoms with Crippen LogP contribution in [-0.4, -0.2) is 4.57 Å². The lowest BCUT2D eigenvalue weighted by Crippen LogP contribution is -2.36. The second-order valence-corrected chi connectivity index (χ2v) is 8.04. The van der Waals surface area contributed by atoms with E-state index in [0.29, 0.717) is 0 Å². The molecular formula is C27H29N2O+. The van der Waals surface area contributed by atoms with E-state index in [1.165, 1.54) is 33.6 Å². The van der Waals surface area contributed by atoms with Gasteiger partial charge in [-0.3, -0.25) is 0 Å². The maximum Gasteiger partial charge on any atom is 0.249 e. The van der Waals surface area contributed by atoms with Crippen LogP contribution in [0, 0.1) is 34.6 Å². The number of hydrogen-bond donors (Lipinski definition) is 0. The summed E-state index contributed by atoms with van der Waals surface area (Å²) in [5, 5.41) is 0.